The highest BCUT2D eigenvalue weighted by Gasteiger charge is 2.26. The smallest absolute Gasteiger partial charge is 0.329 e. The van der Waals surface area contributed by atoms with E-state index in [4.69, 9.17) is 5.11 Å². The van der Waals surface area contributed by atoms with Gasteiger partial charge in [-0.25, -0.2) is 4.79 Å². The molecule has 74 valence electrons. The molecule has 0 aromatic rings. The van der Waals surface area contributed by atoms with Gasteiger partial charge >= 0.3 is 5.97 Å². The summed E-state index contributed by atoms with van der Waals surface area (Å²) in [5, 5.41) is 8.51. The average molecular weight is 183 g/mol. The highest BCUT2D eigenvalue weighted by Crippen LogP contribution is 2.25. The van der Waals surface area contributed by atoms with E-state index < -0.39 is 5.97 Å². The lowest BCUT2D eigenvalue weighted by atomic mass is 10.2. The van der Waals surface area contributed by atoms with Crippen molar-refractivity contribution in [2.45, 2.75) is 45.2 Å². The Morgan fingerprint density at radius 1 is 1.62 bits per heavy atom. The van der Waals surface area contributed by atoms with Gasteiger partial charge in [0.15, 0.2) is 0 Å². The zero-order chi connectivity index (χ0) is 9.84. The van der Waals surface area contributed by atoms with E-state index in [1.54, 1.807) is 6.20 Å². The van der Waals surface area contributed by atoms with Crippen LogP contribution in [-0.2, 0) is 4.79 Å². The fourth-order valence-corrected chi connectivity index (χ4v) is 1.93. The van der Waals surface area contributed by atoms with Gasteiger partial charge in [0.05, 0.1) is 0 Å². The van der Waals surface area contributed by atoms with Crippen molar-refractivity contribution in [2.24, 2.45) is 0 Å². The third kappa shape index (κ3) is 2.47. The third-order valence-electron chi connectivity index (χ3n) is 2.71. The van der Waals surface area contributed by atoms with E-state index in [1.165, 1.54) is 18.9 Å². The SMILES string of the molecule is CCC1CCC(C)N1/C=C/C(=O)O. The Bertz CT molecular complexity index is 213. The Kier molecular flexibility index (Phi) is 3.34. The highest BCUT2D eigenvalue weighted by atomic mass is 16.4. The molecule has 0 aliphatic carbocycles. The molecule has 1 aliphatic rings. The Morgan fingerprint density at radius 3 is 2.85 bits per heavy atom. The van der Waals surface area contributed by atoms with Gasteiger partial charge in [-0.05, 0) is 26.2 Å². The summed E-state index contributed by atoms with van der Waals surface area (Å²) in [4.78, 5) is 12.5. The van der Waals surface area contributed by atoms with Crippen LogP contribution in [0.3, 0.4) is 0 Å². The van der Waals surface area contributed by atoms with Crippen LogP contribution >= 0.6 is 0 Å². The number of carbonyl (C=O) groups is 1. The first-order chi connectivity index (χ1) is 6.15. The molecular formula is C10H17NO2. The summed E-state index contributed by atoms with van der Waals surface area (Å²) in [6.07, 6.45) is 6.39. The van der Waals surface area contributed by atoms with E-state index in [9.17, 15) is 4.79 Å². The summed E-state index contributed by atoms with van der Waals surface area (Å²) < 4.78 is 0. The largest absolute Gasteiger partial charge is 0.478 e. The minimum Gasteiger partial charge on any atom is -0.478 e. The average Bonchev–Trinajstić information content (AvgIpc) is 2.43. The van der Waals surface area contributed by atoms with E-state index in [2.05, 4.69) is 18.7 Å². The molecular weight excluding hydrogens is 166 g/mol. The first-order valence-electron chi connectivity index (χ1n) is 4.83. The molecule has 1 saturated heterocycles. The molecule has 0 bridgehead atoms. The lowest BCUT2D eigenvalue weighted by Crippen LogP contribution is -2.28. The summed E-state index contributed by atoms with van der Waals surface area (Å²) in [6.45, 7) is 4.28. The topological polar surface area (TPSA) is 40.5 Å². The van der Waals surface area contributed by atoms with Crippen molar-refractivity contribution in [3.05, 3.63) is 12.3 Å². The number of likely N-dealkylation sites (tertiary alicyclic amines) is 1. The Hall–Kier alpha value is -0.990. The molecule has 0 aromatic heterocycles. The van der Waals surface area contributed by atoms with Gasteiger partial charge < -0.3 is 10.0 Å². The van der Waals surface area contributed by atoms with Gasteiger partial charge in [0.2, 0.25) is 0 Å². The molecule has 3 heteroatoms. The van der Waals surface area contributed by atoms with E-state index >= 15 is 0 Å². The summed E-state index contributed by atoms with van der Waals surface area (Å²) in [5.74, 6) is -0.867. The predicted octanol–water partition coefficient (Wildman–Crippen LogP) is 1.85. The van der Waals surface area contributed by atoms with Crippen LogP contribution in [0.15, 0.2) is 12.3 Å². The number of hydrogen-bond donors (Lipinski definition) is 1. The number of hydrogen-bond acceptors (Lipinski definition) is 2. The molecule has 1 aliphatic heterocycles. The Balaban J connectivity index is 2.59. The predicted molar refractivity (Wildman–Crippen MR) is 51.4 cm³/mol. The molecule has 0 aromatic carbocycles. The van der Waals surface area contributed by atoms with Gasteiger partial charge in [-0.2, -0.15) is 0 Å². The monoisotopic (exact) mass is 183 g/mol. The number of aliphatic carboxylic acids is 1. The molecule has 3 nitrogen and oxygen atoms in total. The maximum absolute atomic E-state index is 10.3. The van der Waals surface area contributed by atoms with Crippen LogP contribution in [0.25, 0.3) is 0 Å². The molecule has 2 atom stereocenters. The van der Waals surface area contributed by atoms with Crippen molar-refractivity contribution in [3.8, 4) is 0 Å². The quantitative estimate of drug-likeness (QED) is 0.679. The van der Waals surface area contributed by atoms with Crippen LogP contribution in [0.4, 0.5) is 0 Å². The molecule has 0 radical (unpaired) electrons. The standard InChI is InChI=1S/C10H17NO2/c1-3-9-5-4-8(2)11(9)7-6-10(12)13/h6-9H,3-5H2,1-2H3,(H,12,13)/b7-6+. The van der Waals surface area contributed by atoms with Crippen LogP contribution in [0, 0.1) is 0 Å². The van der Waals surface area contributed by atoms with E-state index in [0.717, 1.165) is 6.42 Å². The highest BCUT2D eigenvalue weighted by molar-refractivity contribution is 5.79. The molecule has 1 N–H and O–H groups in total. The van der Waals surface area contributed by atoms with E-state index in [1.807, 2.05) is 0 Å². The normalized spacial score (nSPS) is 28.6. The molecule has 1 fully saturated rings. The first kappa shape index (κ1) is 10.1. The summed E-state index contributed by atoms with van der Waals surface area (Å²) in [6, 6.07) is 1.02. The third-order valence-corrected chi connectivity index (χ3v) is 2.71. The molecule has 1 heterocycles. The zero-order valence-electron chi connectivity index (χ0n) is 8.23. The first-order valence-corrected chi connectivity index (χ1v) is 4.83. The van der Waals surface area contributed by atoms with Crippen LogP contribution in [-0.4, -0.2) is 28.1 Å². The van der Waals surface area contributed by atoms with Crippen molar-refractivity contribution in [1.82, 2.24) is 4.90 Å². The number of carboxylic acids is 1. The van der Waals surface area contributed by atoms with Gasteiger partial charge in [0.25, 0.3) is 0 Å². The van der Waals surface area contributed by atoms with Crippen LogP contribution < -0.4 is 0 Å². The number of nitrogens with zero attached hydrogens (tertiary/aromatic N) is 1. The second kappa shape index (κ2) is 4.30. The molecule has 13 heavy (non-hydrogen) atoms. The van der Waals surface area contributed by atoms with E-state index in [-0.39, 0.29) is 0 Å². The molecule has 0 amide bonds. The van der Waals surface area contributed by atoms with Gasteiger partial charge in [-0.15, -0.1) is 0 Å². The van der Waals surface area contributed by atoms with Crippen molar-refractivity contribution < 1.29 is 9.90 Å². The van der Waals surface area contributed by atoms with Crippen molar-refractivity contribution in [2.75, 3.05) is 0 Å². The van der Waals surface area contributed by atoms with Crippen molar-refractivity contribution in [3.63, 3.8) is 0 Å². The lowest BCUT2D eigenvalue weighted by molar-refractivity contribution is -0.131. The number of carboxylic acid groups (broad SMARTS) is 1. The second-order valence-corrected chi connectivity index (χ2v) is 3.59. The van der Waals surface area contributed by atoms with Gasteiger partial charge in [0, 0.05) is 24.4 Å². The summed E-state index contributed by atoms with van der Waals surface area (Å²) in [7, 11) is 0. The minimum atomic E-state index is -0.867. The van der Waals surface area contributed by atoms with Gasteiger partial charge in [-0.3, -0.25) is 0 Å². The Labute approximate surface area is 79.0 Å². The minimum absolute atomic E-state index is 0.487. The van der Waals surface area contributed by atoms with Crippen LogP contribution in [0.1, 0.15) is 33.1 Å². The summed E-state index contributed by atoms with van der Waals surface area (Å²) in [5.41, 5.74) is 0. The van der Waals surface area contributed by atoms with Crippen molar-refractivity contribution >= 4 is 5.97 Å². The van der Waals surface area contributed by atoms with Crippen molar-refractivity contribution in [1.29, 1.82) is 0 Å². The van der Waals surface area contributed by atoms with Crippen LogP contribution in [0.2, 0.25) is 0 Å². The molecule has 0 saturated carbocycles. The Morgan fingerprint density at radius 2 is 2.31 bits per heavy atom. The fraction of sp³-hybridized carbons (Fsp3) is 0.700. The van der Waals surface area contributed by atoms with Gasteiger partial charge in [-0.1, -0.05) is 6.92 Å². The molecule has 0 spiro atoms. The maximum Gasteiger partial charge on any atom is 0.329 e. The zero-order valence-corrected chi connectivity index (χ0v) is 8.23. The molecule has 2 unspecified atom stereocenters. The number of rotatable bonds is 3. The second-order valence-electron chi connectivity index (χ2n) is 3.59. The van der Waals surface area contributed by atoms with Gasteiger partial charge in [0.1, 0.15) is 0 Å². The summed E-state index contributed by atoms with van der Waals surface area (Å²) >= 11 is 0. The fourth-order valence-electron chi connectivity index (χ4n) is 1.93. The maximum atomic E-state index is 10.3. The lowest BCUT2D eigenvalue weighted by Gasteiger charge is -2.25. The molecule has 1 rings (SSSR count). The van der Waals surface area contributed by atoms with E-state index in [0.29, 0.717) is 12.1 Å². The van der Waals surface area contributed by atoms with Crippen LogP contribution in [0.5, 0.6) is 0 Å².